The normalized spacial score (nSPS) is 20.4. The molecule has 2 atom stereocenters. The number of nitrogens with zero attached hydrogens (tertiary/aromatic N) is 1. The second kappa shape index (κ2) is 13.9. The van der Waals surface area contributed by atoms with E-state index in [0.717, 1.165) is 38.0 Å². The average molecular weight is 432 g/mol. The molecule has 1 aromatic rings. The lowest BCUT2D eigenvalue weighted by Gasteiger charge is -2.41. The van der Waals surface area contributed by atoms with Gasteiger partial charge in [0.05, 0.1) is 6.10 Å². The van der Waals surface area contributed by atoms with Crippen molar-refractivity contribution in [3.63, 3.8) is 0 Å². The van der Waals surface area contributed by atoms with Crippen LogP contribution < -0.4 is 21.9 Å². The van der Waals surface area contributed by atoms with Crippen molar-refractivity contribution in [3.05, 3.63) is 35.4 Å². The largest absolute Gasteiger partial charge is 0.391 e. The maximum Gasteiger partial charge on any atom is 0.241 e. The highest BCUT2D eigenvalue weighted by Gasteiger charge is 2.42. The molecule has 3 rings (SSSR count). The Morgan fingerprint density at radius 1 is 1.39 bits per heavy atom. The Balaban J connectivity index is 0.000000317. The lowest BCUT2D eigenvalue weighted by Crippen LogP contribution is -2.59. The van der Waals surface area contributed by atoms with Crippen molar-refractivity contribution in [3.8, 4) is 12.3 Å². The fraction of sp³-hybridized carbons (Fsp3) is 0.565. The van der Waals surface area contributed by atoms with Crippen LogP contribution in [0.2, 0.25) is 0 Å². The molecular weight excluding hydrogens is 394 g/mol. The first kappa shape index (κ1) is 26.8. The van der Waals surface area contributed by atoms with Crippen molar-refractivity contribution in [2.45, 2.75) is 44.9 Å². The molecular formula is C23H37N5O3. The molecule has 2 aliphatic rings. The summed E-state index contributed by atoms with van der Waals surface area (Å²) in [4.78, 5) is 22.2. The first-order chi connectivity index (χ1) is 14.9. The van der Waals surface area contributed by atoms with Gasteiger partial charge in [-0.25, -0.2) is 5.43 Å². The van der Waals surface area contributed by atoms with Crippen LogP contribution in [-0.4, -0.2) is 68.1 Å². The lowest BCUT2D eigenvalue weighted by molar-refractivity contribution is -0.136. The number of carbonyl (C=O) groups is 2. The molecule has 8 nitrogen and oxygen atoms in total. The number of hydrogen-bond acceptors (Lipinski definition) is 7. The Hall–Kier alpha value is -2.28. The second-order valence-electron chi connectivity index (χ2n) is 8.10. The highest BCUT2D eigenvalue weighted by Crippen LogP contribution is 2.33. The van der Waals surface area contributed by atoms with Crippen molar-refractivity contribution in [1.29, 1.82) is 0 Å². The van der Waals surface area contributed by atoms with Gasteiger partial charge in [0.25, 0.3) is 0 Å². The molecule has 6 N–H and O–H groups in total. The molecule has 1 amide bonds. The number of aliphatic hydroxyl groups excluding tert-OH is 1. The van der Waals surface area contributed by atoms with Gasteiger partial charge in [0.15, 0.2) is 0 Å². The summed E-state index contributed by atoms with van der Waals surface area (Å²) in [7, 11) is 1.93. The van der Waals surface area contributed by atoms with E-state index in [1.807, 2.05) is 38.1 Å². The molecule has 0 radical (unpaired) electrons. The summed E-state index contributed by atoms with van der Waals surface area (Å²) in [6, 6.07) is 7.61. The number of β-amino-alcohol motifs (C(OH)–C–C–N with tert-alkyl or cyclic N) is 1. The van der Waals surface area contributed by atoms with E-state index in [4.69, 9.17) is 17.1 Å². The van der Waals surface area contributed by atoms with Crippen LogP contribution in [0.4, 0.5) is 0 Å². The quantitative estimate of drug-likeness (QED) is 0.253. The second-order valence-corrected chi connectivity index (χ2v) is 8.10. The van der Waals surface area contributed by atoms with Gasteiger partial charge < -0.3 is 25.4 Å². The van der Waals surface area contributed by atoms with Crippen LogP contribution in [0.3, 0.4) is 0 Å². The first-order valence-corrected chi connectivity index (χ1v) is 10.6. The number of terminal acetylenes is 1. The third kappa shape index (κ3) is 8.05. The van der Waals surface area contributed by atoms with Gasteiger partial charge in [-0.15, -0.1) is 6.42 Å². The fourth-order valence-corrected chi connectivity index (χ4v) is 3.90. The van der Waals surface area contributed by atoms with Gasteiger partial charge in [0.2, 0.25) is 5.91 Å². The van der Waals surface area contributed by atoms with Crippen LogP contribution in [0.5, 0.6) is 0 Å². The van der Waals surface area contributed by atoms with Crippen LogP contribution in [0.25, 0.3) is 0 Å². The van der Waals surface area contributed by atoms with E-state index >= 15 is 0 Å². The molecule has 2 aliphatic heterocycles. The van der Waals surface area contributed by atoms with Gasteiger partial charge >= 0.3 is 0 Å². The number of benzene rings is 1. The molecule has 2 fully saturated rings. The average Bonchev–Trinajstić information content (AvgIpc) is 3.23. The zero-order valence-electron chi connectivity index (χ0n) is 18.7. The number of aliphatic hydroxyl groups is 1. The van der Waals surface area contributed by atoms with E-state index in [-0.39, 0.29) is 23.5 Å². The van der Waals surface area contributed by atoms with Crippen LogP contribution in [0.15, 0.2) is 24.3 Å². The van der Waals surface area contributed by atoms with E-state index < -0.39 is 0 Å². The highest BCUT2D eigenvalue weighted by molar-refractivity contribution is 5.83. The number of piperidine rings is 1. The Bertz CT molecular complexity index is 698. The number of nitrogens with two attached hydrogens (primary N) is 1. The van der Waals surface area contributed by atoms with Gasteiger partial charge in [-0.3, -0.25) is 10.6 Å². The van der Waals surface area contributed by atoms with Crippen LogP contribution >= 0.6 is 0 Å². The number of hydrazine groups is 1. The highest BCUT2D eigenvalue weighted by atomic mass is 16.3. The molecule has 1 aromatic carbocycles. The predicted molar refractivity (Wildman–Crippen MR) is 123 cm³/mol. The summed E-state index contributed by atoms with van der Waals surface area (Å²) in [5.41, 5.74) is 4.79. The third-order valence-corrected chi connectivity index (χ3v) is 5.83. The summed E-state index contributed by atoms with van der Waals surface area (Å²) in [6.45, 7) is 7.92. The minimum Gasteiger partial charge on any atom is -0.391 e. The molecule has 0 aliphatic carbocycles. The molecule has 2 unspecified atom stereocenters. The van der Waals surface area contributed by atoms with Crippen molar-refractivity contribution in [1.82, 2.24) is 21.0 Å². The number of nitrogens with one attached hydrogen (secondary N) is 3. The summed E-state index contributed by atoms with van der Waals surface area (Å²) >= 11 is 0. The first-order valence-electron chi connectivity index (χ1n) is 10.6. The molecule has 8 heteroatoms. The number of amides is 1. The lowest BCUT2D eigenvalue weighted by atomic mass is 9.74. The zero-order chi connectivity index (χ0) is 23.3. The molecule has 2 saturated heterocycles. The van der Waals surface area contributed by atoms with E-state index in [9.17, 15) is 9.90 Å². The Labute approximate surface area is 185 Å². The minimum atomic E-state index is -0.381. The molecule has 172 valence electrons. The third-order valence-electron chi connectivity index (χ3n) is 5.83. The van der Waals surface area contributed by atoms with E-state index in [0.29, 0.717) is 19.5 Å². The molecule has 0 spiro atoms. The zero-order valence-corrected chi connectivity index (χ0v) is 18.7. The Morgan fingerprint density at radius 2 is 2.00 bits per heavy atom. The van der Waals surface area contributed by atoms with Gasteiger partial charge in [0.1, 0.15) is 12.8 Å². The predicted octanol–water partition coefficient (Wildman–Crippen LogP) is 0.00360. The maximum absolute atomic E-state index is 12.5. The number of hydrogen-bond donors (Lipinski definition) is 5. The molecule has 0 bridgehead atoms. The maximum atomic E-state index is 12.5. The standard InChI is InChI=1S/C12H24N4O2.C10H11N.CH2O/c1-12(3-5-14-6-4-12)10(15-13)11(18)16-7-2-9(17)8-16;1-3-9-4-6-10(7-5-9)8-11-2;1-2/h9-10,14-15,17H,2-8,13H2,1H3;1,4-7,11H,8H2,2H3;1H2. The summed E-state index contributed by atoms with van der Waals surface area (Å²) in [5.74, 6) is 8.21. The van der Waals surface area contributed by atoms with Crippen LogP contribution in [-0.2, 0) is 16.1 Å². The van der Waals surface area contributed by atoms with E-state index in [2.05, 4.69) is 28.9 Å². The molecule has 0 aromatic heterocycles. The van der Waals surface area contributed by atoms with Gasteiger partial charge in [0, 0.05) is 25.2 Å². The van der Waals surface area contributed by atoms with Crippen LogP contribution in [0.1, 0.15) is 37.3 Å². The number of likely N-dealkylation sites (tertiary alicyclic amines) is 1. The van der Waals surface area contributed by atoms with Crippen molar-refractivity contribution in [2.75, 3.05) is 33.2 Å². The Morgan fingerprint density at radius 3 is 2.45 bits per heavy atom. The van der Waals surface area contributed by atoms with Gasteiger partial charge in [-0.2, -0.15) is 0 Å². The van der Waals surface area contributed by atoms with Crippen molar-refractivity contribution < 1.29 is 14.7 Å². The molecule has 31 heavy (non-hydrogen) atoms. The Kier molecular flexibility index (Phi) is 12.0. The number of carbonyl (C=O) groups excluding carboxylic acids is 2. The SMILES string of the molecule is C#Cc1ccc(CNC)cc1.C=O.CC1(C(NN)C(=O)N2CCC(O)C2)CCNCC1. The van der Waals surface area contributed by atoms with Crippen molar-refractivity contribution >= 4 is 12.7 Å². The molecule has 0 saturated carbocycles. The van der Waals surface area contributed by atoms with E-state index in [1.54, 1.807) is 4.90 Å². The summed E-state index contributed by atoms with van der Waals surface area (Å²) in [6.07, 6.45) is 7.36. The molecule has 2 heterocycles. The minimum absolute atomic E-state index is 0.0263. The topological polar surface area (TPSA) is 120 Å². The summed E-state index contributed by atoms with van der Waals surface area (Å²) < 4.78 is 0. The van der Waals surface area contributed by atoms with Crippen LogP contribution in [0, 0.1) is 17.8 Å². The monoisotopic (exact) mass is 431 g/mol. The smallest absolute Gasteiger partial charge is 0.241 e. The van der Waals surface area contributed by atoms with Crippen molar-refractivity contribution in [2.24, 2.45) is 11.3 Å². The fourth-order valence-electron chi connectivity index (χ4n) is 3.90. The summed E-state index contributed by atoms with van der Waals surface area (Å²) in [5, 5.41) is 15.9. The van der Waals surface area contributed by atoms with Gasteiger partial charge in [-0.1, -0.05) is 25.0 Å². The van der Waals surface area contributed by atoms with Gasteiger partial charge in [-0.05, 0) is 62.5 Å². The number of rotatable bonds is 5. The van der Waals surface area contributed by atoms with E-state index in [1.165, 1.54) is 5.56 Å².